The number of anilines is 1. The van der Waals surface area contributed by atoms with Crippen molar-refractivity contribution in [1.82, 2.24) is 4.72 Å². The highest BCUT2D eigenvalue weighted by molar-refractivity contribution is 7.89. The zero-order valence-corrected chi connectivity index (χ0v) is 12.8. The van der Waals surface area contributed by atoms with Crippen LogP contribution in [0.5, 0.6) is 0 Å². The second kappa shape index (κ2) is 7.16. The summed E-state index contributed by atoms with van der Waals surface area (Å²) in [6.45, 7) is 1.39. The van der Waals surface area contributed by atoms with Gasteiger partial charge in [0.25, 0.3) is 0 Å². The topological polar surface area (TPSA) is 114 Å². The summed E-state index contributed by atoms with van der Waals surface area (Å²) in [7, 11) is -3.81. The van der Waals surface area contributed by atoms with E-state index in [2.05, 4.69) is 10.0 Å². The first-order valence-electron chi connectivity index (χ1n) is 6.62. The summed E-state index contributed by atoms with van der Waals surface area (Å²) in [5.74, 6) is -0.243. The Hall–Kier alpha value is -1.52. The summed E-state index contributed by atoms with van der Waals surface area (Å²) < 4.78 is 37.0. The van der Waals surface area contributed by atoms with Crippen molar-refractivity contribution in [3.8, 4) is 0 Å². The summed E-state index contributed by atoms with van der Waals surface area (Å²) in [6, 6.07) is 4.92. The van der Waals surface area contributed by atoms with Crippen molar-refractivity contribution in [3.05, 3.63) is 24.3 Å². The van der Waals surface area contributed by atoms with Crippen LogP contribution in [-0.2, 0) is 24.3 Å². The first-order chi connectivity index (χ1) is 10.4. The third-order valence-electron chi connectivity index (χ3n) is 3.01. The van der Waals surface area contributed by atoms with Gasteiger partial charge in [-0.25, -0.2) is 13.1 Å². The van der Waals surface area contributed by atoms with Crippen molar-refractivity contribution < 1.29 is 27.8 Å². The van der Waals surface area contributed by atoms with Crippen molar-refractivity contribution >= 4 is 21.6 Å². The van der Waals surface area contributed by atoms with Crippen LogP contribution in [0.25, 0.3) is 0 Å². The lowest BCUT2D eigenvalue weighted by atomic mass is 10.2. The molecule has 2 atom stereocenters. The number of nitrogens with one attached hydrogen (secondary N) is 2. The molecule has 1 saturated heterocycles. The second-order valence-electron chi connectivity index (χ2n) is 4.86. The molecule has 0 bridgehead atoms. The molecule has 22 heavy (non-hydrogen) atoms. The number of benzene rings is 1. The van der Waals surface area contributed by atoms with E-state index in [1.807, 2.05) is 0 Å². The van der Waals surface area contributed by atoms with Gasteiger partial charge < -0.3 is 19.9 Å². The largest absolute Gasteiger partial charge is 0.389 e. The number of carbonyl (C=O) groups is 1. The number of hydrogen-bond acceptors (Lipinski definition) is 6. The van der Waals surface area contributed by atoms with E-state index in [0.29, 0.717) is 5.69 Å². The Bertz CT molecular complexity index is 616. The summed E-state index contributed by atoms with van der Waals surface area (Å²) in [5.41, 5.74) is 0.498. The van der Waals surface area contributed by atoms with Gasteiger partial charge in [-0.15, -0.1) is 0 Å². The normalized spacial score (nSPS) is 22.8. The molecule has 1 aromatic carbocycles. The first kappa shape index (κ1) is 16.8. The lowest BCUT2D eigenvalue weighted by Gasteiger charge is -2.20. The highest BCUT2D eigenvalue weighted by atomic mass is 32.2. The van der Waals surface area contributed by atoms with Gasteiger partial charge in [-0.3, -0.25) is 4.79 Å². The Kier molecular flexibility index (Phi) is 5.48. The van der Waals surface area contributed by atoms with Crippen LogP contribution in [-0.4, -0.2) is 51.6 Å². The molecule has 0 saturated carbocycles. The Balaban J connectivity index is 2.10. The van der Waals surface area contributed by atoms with Gasteiger partial charge in [0.2, 0.25) is 15.9 Å². The van der Waals surface area contributed by atoms with Crippen molar-refractivity contribution in [3.63, 3.8) is 0 Å². The molecule has 2 rings (SSSR count). The van der Waals surface area contributed by atoms with Crippen molar-refractivity contribution in [1.29, 1.82) is 0 Å². The van der Waals surface area contributed by atoms with Crippen LogP contribution in [0.2, 0.25) is 0 Å². The predicted molar refractivity (Wildman–Crippen MR) is 77.6 cm³/mol. The van der Waals surface area contributed by atoms with Gasteiger partial charge in [-0.2, -0.15) is 0 Å². The molecule has 1 aromatic rings. The maximum atomic E-state index is 12.3. The summed E-state index contributed by atoms with van der Waals surface area (Å²) in [5, 5.41) is 12.4. The van der Waals surface area contributed by atoms with Crippen molar-refractivity contribution in [2.75, 3.05) is 25.3 Å². The highest BCUT2D eigenvalue weighted by Gasteiger charge is 2.28. The number of sulfonamides is 1. The first-order valence-corrected chi connectivity index (χ1v) is 8.10. The molecule has 0 spiro atoms. The Morgan fingerprint density at radius 3 is 2.50 bits per heavy atom. The quantitative estimate of drug-likeness (QED) is 0.696. The smallest absolute Gasteiger partial charge is 0.240 e. The number of aliphatic hydroxyl groups is 1. The van der Waals surface area contributed by atoms with Crippen molar-refractivity contribution in [2.24, 2.45) is 0 Å². The molecular weight excluding hydrogens is 312 g/mol. The molecule has 1 aliphatic rings. The average molecular weight is 330 g/mol. The fourth-order valence-electron chi connectivity index (χ4n) is 1.93. The van der Waals surface area contributed by atoms with E-state index in [1.165, 1.54) is 31.2 Å². The van der Waals surface area contributed by atoms with Crippen LogP contribution >= 0.6 is 0 Å². The number of aliphatic hydroxyl groups excluding tert-OH is 1. The predicted octanol–water partition coefficient (Wildman–Crippen LogP) is -0.343. The molecule has 1 fully saturated rings. The molecule has 1 aliphatic heterocycles. The third kappa shape index (κ3) is 4.49. The van der Waals surface area contributed by atoms with Gasteiger partial charge in [-0.1, -0.05) is 0 Å². The number of hydrogen-bond donors (Lipinski definition) is 3. The molecular formula is C13H18N2O6S. The van der Waals surface area contributed by atoms with Crippen LogP contribution in [0, 0.1) is 0 Å². The fourth-order valence-corrected chi connectivity index (χ4v) is 3.18. The molecule has 0 radical (unpaired) electrons. The van der Waals surface area contributed by atoms with E-state index in [-0.39, 0.29) is 30.8 Å². The van der Waals surface area contributed by atoms with Crippen LogP contribution < -0.4 is 10.0 Å². The van der Waals surface area contributed by atoms with E-state index in [4.69, 9.17) is 9.47 Å². The van der Waals surface area contributed by atoms with Crippen LogP contribution in [0.1, 0.15) is 6.92 Å². The number of carbonyl (C=O) groups excluding carboxylic acids is 1. The average Bonchev–Trinajstić information content (AvgIpc) is 2.64. The van der Waals surface area contributed by atoms with Gasteiger partial charge >= 0.3 is 0 Å². The summed E-state index contributed by atoms with van der Waals surface area (Å²) in [6.07, 6.45) is -0.990. The van der Waals surface area contributed by atoms with E-state index >= 15 is 0 Å². The number of amides is 1. The number of ether oxygens (including phenoxy) is 2. The maximum Gasteiger partial charge on any atom is 0.240 e. The van der Waals surface area contributed by atoms with Gasteiger partial charge in [0.05, 0.1) is 30.3 Å². The maximum absolute atomic E-state index is 12.3. The monoisotopic (exact) mass is 330 g/mol. The molecule has 0 aliphatic carbocycles. The lowest BCUT2D eigenvalue weighted by Crippen LogP contribution is -2.46. The van der Waals surface area contributed by atoms with Gasteiger partial charge in [0.15, 0.2) is 0 Å². The Morgan fingerprint density at radius 1 is 1.23 bits per heavy atom. The Labute approximate surface area is 128 Å². The minimum Gasteiger partial charge on any atom is -0.389 e. The van der Waals surface area contributed by atoms with E-state index in [9.17, 15) is 18.3 Å². The summed E-state index contributed by atoms with van der Waals surface area (Å²) in [4.78, 5) is 11.0. The fraction of sp³-hybridized carbons (Fsp3) is 0.462. The summed E-state index contributed by atoms with van der Waals surface area (Å²) >= 11 is 0. The van der Waals surface area contributed by atoms with Crippen molar-refractivity contribution in [2.45, 2.75) is 24.0 Å². The van der Waals surface area contributed by atoms with E-state index in [0.717, 1.165) is 0 Å². The van der Waals surface area contributed by atoms with Crippen LogP contribution in [0.4, 0.5) is 5.69 Å². The molecule has 122 valence electrons. The molecule has 9 heteroatoms. The minimum absolute atomic E-state index is 0.00530. The molecule has 1 heterocycles. The number of rotatable bonds is 4. The van der Waals surface area contributed by atoms with Gasteiger partial charge in [0, 0.05) is 12.6 Å². The minimum atomic E-state index is -3.81. The van der Waals surface area contributed by atoms with Gasteiger partial charge in [-0.05, 0) is 24.3 Å². The molecule has 2 unspecified atom stereocenters. The van der Waals surface area contributed by atoms with Crippen LogP contribution in [0.3, 0.4) is 0 Å². The standard InChI is InChI=1S/C13H18N2O6S/c1-9(16)14-10-2-4-11(5-3-10)22(18,19)15-12-6-20-8-21-7-13(12)17/h2-5,12-13,15,17H,6-8H2,1H3,(H,14,16). The Morgan fingerprint density at radius 2 is 1.86 bits per heavy atom. The zero-order valence-electron chi connectivity index (χ0n) is 12.0. The van der Waals surface area contributed by atoms with E-state index in [1.54, 1.807) is 0 Å². The third-order valence-corrected chi connectivity index (χ3v) is 4.51. The molecule has 8 nitrogen and oxygen atoms in total. The molecule has 3 N–H and O–H groups in total. The van der Waals surface area contributed by atoms with E-state index < -0.39 is 22.2 Å². The highest BCUT2D eigenvalue weighted by Crippen LogP contribution is 2.15. The van der Waals surface area contributed by atoms with Gasteiger partial charge in [0.1, 0.15) is 6.79 Å². The SMILES string of the molecule is CC(=O)Nc1ccc(S(=O)(=O)NC2COCOCC2O)cc1. The molecule has 1 amide bonds. The lowest BCUT2D eigenvalue weighted by molar-refractivity contribution is -0.114. The zero-order chi connectivity index (χ0) is 16.2. The second-order valence-corrected chi connectivity index (χ2v) is 6.57. The van der Waals surface area contributed by atoms with Crippen LogP contribution in [0.15, 0.2) is 29.2 Å². The molecule has 0 aromatic heterocycles.